The SMILES string of the molecule is CC(=O)[O-].COc1cc(C)cc(CN(C)CCN(C)CCN(C)Cc2cc(C)cc(OC)c2[O-])c1[O-].O=[N+]([O-])[O-].O=[N+]([O-])[O-].[Er+3].[Zn+2]. The molecule has 0 unspecified atom stereocenters. The van der Waals surface area contributed by atoms with E-state index in [1.165, 1.54) is 14.2 Å². The van der Waals surface area contributed by atoms with Crippen molar-refractivity contribution in [3.05, 3.63) is 77.2 Å². The number of nitrogens with zero attached hydrogens (tertiary/aromatic N) is 5. The topological polar surface area (TPSA) is 247 Å². The molecule has 0 bridgehead atoms. The smallest absolute Gasteiger partial charge is 0.870 e. The molecule has 17 nitrogen and oxygen atoms in total. The second kappa shape index (κ2) is 27.4. The van der Waals surface area contributed by atoms with Crippen molar-refractivity contribution in [3.63, 3.8) is 0 Å². The van der Waals surface area contributed by atoms with Crippen molar-refractivity contribution < 1.29 is 96.5 Å². The average molecular weight is 859 g/mol. The standard InChI is InChI=1S/C25H39N3O4.C2H4O2.Er.2NO3.Zn/c1-18-12-20(24(29)22(14-18)31-6)16-27(4)10-8-26(3)9-11-28(5)17-21-13-19(2)15-23(32-7)25(21)30;1-2(3)4;;2*2-1(3)4;/h12-15,29-30H,8-11,16-17H2,1-7H3;1H3,(H,3,4);;;;/q;;+3;2*-1;+2/p-3. The Morgan fingerprint density at radius 2 is 0.935 bits per heavy atom. The number of carbonyl (C=O) groups is 1. The van der Waals surface area contributed by atoms with Gasteiger partial charge in [-0.2, -0.15) is 0 Å². The summed E-state index contributed by atoms with van der Waals surface area (Å²) in [6, 6.07) is 7.42. The van der Waals surface area contributed by atoms with Crippen molar-refractivity contribution in [2.75, 3.05) is 61.5 Å². The number of rotatable bonds is 12. The molecule has 2 rings (SSSR count). The molecule has 0 aromatic heterocycles. The Morgan fingerprint density at radius 3 is 1.17 bits per heavy atom. The normalized spacial score (nSPS) is 9.63. The molecule has 0 aliphatic carbocycles. The molecule has 0 amide bonds. The van der Waals surface area contributed by atoms with Crippen LogP contribution in [-0.4, -0.2) is 92.4 Å². The number of hydrogen-bond acceptors (Lipinski definition) is 15. The molecular weight excluding hydrogens is 819 g/mol. The number of ether oxygens (including phenoxy) is 2. The second-order valence-electron chi connectivity index (χ2n) is 9.63. The fraction of sp³-hybridized carbons (Fsp3) is 0.519. The van der Waals surface area contributed by atoms with Gasteiger partial charge in [0.2, 0.25) is 0 Å². The monoisotopic (exact) mass is 856 g/mol. The summed E-state index contributed by atoms with van der Waals surface area (Å²) in [5.74, 6) is -0.349. The third-order valence-corrected chi connectivity index (χ3v) is 5.60. The molecular formula is C27H40ErN5O12Zn. The van der Waals surface area contributed by atoms with E-state index >= 15 is 0 Å². The molecule has 46 heavy (non-hydrogen) atoms. The number of carboxylic acid groups (broad SMARTS) is 1. The molecule has 0 spiro atoms. The first-order valence-electron chi connectivity index (χ1n) is 12.9. The van der Waals surface area contributed by atoms with Gasteiger partial charge in [0.15, 0.2) is 0 Å². The summed E-state index contributed by atoms with van der Waals surface area (Å²) in [5, 5.41) is 63.3. The van der Waals surface area contributed by atoms with E-state index in [1.807, 2.05) is 40.1 Å². The van der Waals surface area contributed by atoms with Crippen LogP contribution in [0.2, 0.25) is 0 Å². The predicted octanol–water partition coefficient (Wildman–Crippen LogP) is 0.239. The van der Waals surface area contributed by atoms with Crippen LogP contribution >= 0.6 is 0 Å². The molecule has 259 valence electrons. The van der Waals surface area contributed by atoms with Gasteiger partial charge in [-0.25, -0.2) is 0 Å². The van der Waals surface area contributed by atoms with Crippen molar-refractivity contribution in [2.24, 2.45) is 0 Å². The van der Waals surface area contributed by atoms with Gasteiger partial charge in [0, 0.05) is 45.2 Å². The number of aryl methyl sites for hydroxylation is 2. The van der Waals surface area contributed by atoms with Gasteiger partial charge in [0.25, 0.3) is 0 Å². The minimum absolute atomic E-state index is 0. The first-order chi connectivity index (χ1) is 20.3. The molecule has 0 aliphatic rings. The van der Waals surface area contributed by atoms with Crippen molar-refractivity contribution in [1.29, 1.82) is 0 Å². The number of likely N-dealkylation sites (N-methyl/N-ethyl adjacent to an activating group) is 3. The predicted molar refractivity (Wildman–Crippen MR) is 156 cm³/mol. The summed E-state index contributed by atoms with van der Waals surface area (Å²) >= 11 is 0. The summed E-state index contributed by atoms with van der Waals surface area (Å²) < 4.78 is 10.4. The van der Waals surface area contributed by atoms with Crippen molar-refractivity contribution in [1.82, 2.24) is 14.7 Å². The zero-order valence-corrected chi connectivity index (χ0v) is 32.0. The number of carbonyl (C=O) groups excluding carboxylic acids is 1. The van der Waals surface area contributed by atoms with Gasteiger partial charge in [-0.05, 0) is 76.3 Å². The van der Waals surface area contributed by atoms with Gasteiger partial charge in [-0.15, -0.1) is 0 Å². The molecule has 0 heterocycles. The Bertz CT molecular complexity index is 1080. The largest absolute Gasteiger partial charge is 3.00 e. The number of carboxylic acids is 1. The van der Waals surface area contributed by atoms with Crippen LogP contribution in [-0.2, 0) is 37.4 Å². The molecule has 0 saturated heterocycles. The van der Waals surface area contributed by atoms with Crippen molar-refractivity contribution >= 4 is 5.97 Å². The van der Waals surface area contributed by atoms with Crippen LogP contribution in [0.4, 0.5) is 0 Å². The number of aliphatic carboxylic acids is 1. The van der Waals surface area contributed by atoms with E-state index in [2.05, 4.69) is 21.7 Å². The van der Waals surface area contributed by atoms with Crippen LogP contribution in [0, 0.1) is 81.8 Å². The molecule has 2 aromatic rings. The van der Waals surface area contributed by atoms with Crippen LogP contribution < -0.4 is 24.8 Å². The Labute approximate surface area is 310 Å². The number of benzene rings is 2. The van der Waals surface area contributed by atoms with Crippen molar-refractivity contribution in [3.8, 4) is 23.0 Å². The molecule has 0 aliphatic heterocycles. The summed E-state index contributed by atoms with van der Waals surface area (Å²) in [5.41, 5.74) is 3.57. The molecule has 2 aromatic carbocycles. The first kappa shape index (κ1) is 50.1. The van der Waals surface area contributed by atoms with Gasteiger partial charge >= 0.3 is 56.8 Å². The van der Waals surface area contributed by atoms with Crippen LogP contribution in [0.3, 0.4) is 0 Å². The molecule has 1 radical (unpaired) electrons. The third-order valence-electron chi connectivity index (χ3n) is 5.60. The second-order valence-corrected chi connectivity index (χ2v) is 9.63. The van der Waals surface area contributed by atoms with Crippen molar-refractivity contribution in [2.45, 2.75) is 33.9 Å². The Hall–Kier alpha value is -2.74. The Kier molecular flexibility index (Phi) is 29.8. The zero-order valence-electron chi connectivity index (χ0n) is 27.2. The van der Waals surface area contributed by atoms with Crippen LogP contribution in [0.5, 0.6) is 23.0 Å². The van der Waals surface area contributed by atoms with Gasteiger partial charge in [0.1, 0.15) is 11.5 Å². The maximum absolute atomic E-state index is 12.4. The van der Waals surface area contributed by atoms with Crippen LogP contribution in [0.25, 0.3) is 0 Å². The van der Waals surface area contributed by atoms with E-state index in [0.29, 0.717) is 24.6 Å². The first-order valence-corrected chi connectivity index (χ1v) is 12.9. The average Bonchev–Trinajstić information content (AvgIpc) is 2.89. The molecule has 0 N–H and O–H groups in total. The van der Waals surface area contributed by atoms with Gasteiger partial charge < -0.3 is 74.9 Å². The fourth-order valence-electron chi connectivity index (χ4n) is 3.70. The van der Waals surface area contributed by atoms with E-state index in [1.54, 1.807) is 12.1 Å². The van der Waals surface area contributed by atoms with Crippen LogP contribution in [0.15, 0.2) is 24.3 Å². The summed E-state index contributed by atoms with van der Waals surface area (Å²) in [6.07, 6.45) is 0. The van der Waals surface area contributed by atoms with Crippen LogP contribution in [0.1, 0.15) is 29.2 Å². The maximum Gasteiger partial charge on any atom is 3.00 e. The molecule has 0 atom stereocenters. The molecule has 0 saturated carbocycles. The minimum atomic E-state index is -1.75. The number of methoxy groups -OCH3 is 2. The van der Waals surface area contributed by atoms with Gasteiger partial charge in [-0.3, -0.25) is 0 Å². The Morgan fingerprint density at radius 1 is 0.696 bits per heavy atom. The summed E-state index contributed by atoms with van der Waals surface area (Å²) in [6.45, 7) is 9.54. The van der Waals surface area contributed by atoms with Gasteiger partial charge in [-0.1, -0.05) is 23.6 Å². The quantitative estimate of drug-likeness (QED) is 0.158. The van der Waals surface area contributed by atoms with E-state index < -0.39 is 16.1 Å². The van der Waals surface area contributed by atoms with E-state index in [4.69, 9.17) is 50.0 Å². The summed E-state index contributed by atoms with van der Waals surface area (Å²) in [4.78, 5) is 32.0. The third kappa shape index (κ3) is 25.5. The zero-order chi connectivity index (χ0) is 34.6. The molecule has 0 fully saturated rings. The summed E-state index contributed by atoms with van der Waals surface area (Å²) in [7, 11) is 9.20. The maximum atomic E-state index is 12.4. The van der Waals surface area contributed by atoms with E-state index in [9.17, 15) is 10.2 Å². The number of hydrogen-bond donors (Lipinski definition) is 0. The Balaban J connectivity index is -0.000000540. The van der Waals surface area contributed by atoms with Gasteiger partial charge in [0.05, 0.1) is 24.4 Å². The van der Waals surface area contributed by atoms with E-state index in [-0.39, 0.29) is 68.3 Å². The molecule has 19 heteroatoms. The minimum Gasteiger partial charge on any atom is -0.870 e. The van der Waals surface area contributed by atoms with E-state index in [0.717, 1.165) is 55.4 Å². The fourth-order valence-corrected chi connectivity index (χ4v) is 3.70.